The number of carbonyl (C=O) groups is 1. The van der Waals surface area contributed by atoms with Gasteiger partial charge in [-0.15, -0.1) is 0 Å². The Bertz CT molecular complexity index is 2030. The summed E-state index contributed by atoms with van der Waals surface area (Å²) in [5.41, 5.74) is 7.80. The van der Waals surface area contributed by atoms with Gasteiger partial charge in [0.05, 0.1) is 17.3 Å². The molecule has 0 radical (unpaired) electrons. The number of aliphatic hydroxyl groups excluding tert-OH is 1. The first-order valence-electron chi connectivity index (χ1n) is 16.6. The number of amides is 1. The molecule has 5 aromatic rings. The molecule has 2 aliphatic rings. The molecule has 2 aliphatic heterocycles. The Kier molecular flexibility index (Phi) is 9.05. The van der Waals surface area contributed by atoms with Gasteiger partial charge in [-0.2, -0.15) is 5.10 Å². The zero-order valence-electron chi connectivity index (χ0n) is 27.7. The molecule has 11 nitrogen and oxygen atoms in total. The number of aliphatic hydroxyl groups is 1. The van der Waals surface area contributed by atoms with Crippen molar-refractivity contribution in [1.82, 2.24) is 34.9 Å². The maximum absolute atomic E-state index is 14.0. The number of fused-ring (bicyclic) bond motifs is 2. The molecule has 5 heterocycles. The Morgan fingerprint density at radius 1 is 1.02 bits per heavy atom. The highest BCUT2D eigenvalue weighted by Crippen LogP contribution is 2.36. The number of carbonyl (C=O) groups excluding carboxylic acids is 1. The number of hydrogen-bond donors (Lipinski definition) is 4. The van der Waals surface area contributed by atoms with Crippen LogP contribution in [-0.2, 0) is 13.1 Å². The molecule has 0 aliphatic carbocycles. The minimum atomic E-state index is -2.87. The molecule has 1 saturated heterocycles. The van der Waals surface area contributed by atoms with Gasteiger partial charge in [-0.3, -0.25) is 19.4 Å². The predicted octanol–water partition coefficient (Wildman–Crippen LogP) is 6.06. The number of β-amino-alcohol motifs (C(OH)–C–C–N with tert-alkyl or cyclic N) is 1. The van der Waals surface area contributed by atoms with Gasteiger partial charge < -0.3 is 21.1 Å². The lowest BCUT2D eigenvalue weighted by Gasteiger charge is -2.22. The van der Waals surface area contributed by atoms with Crippen LogP contribution in [0, 0.1) is 13.8 Å². The SMILES string of the molecule is CN[C@@H]1CCCn2nc(C(=O)Nc3cccc(-c4cccc(Nc5nc(C(F)F)nc6cc(CN7CC[C@@H](O)C7)cnc56)c4C)c3C)cc21. The van der Waals surface area contributed by atoms with Crippen LogP contribution >= 0.6 is 0 Å². The van der Waals surface area contributed by atoms with E-state index in [0.717, 1.165) is 59.4 Å². The molecule has 7 rings (SSSR count). The number of benzene rings is 2. The van der Waals surface area contributed by atoms with E-state index in [1.807, 2.05) is 68.0 Å². The van der Waals surface area contributed by atoms with E-state index in [1.165, 1.54) is 0 Å². The molecular weight excluding hydrogens is 628 g/mol. The van der Waals surface area contributed by atoms with Gasteiger partial charge in [0.25, 0.3) is 12.3 Å². The lowest BCUT2D eigenvalue weighted by atomic mass is 9.94. The maximum atomic E-state index is 14.0. The van der Waals surface area contributed by atoms with Crippen molar-refractivity contribution in [3.8, 4) is 11.1 Å². The lowest BCUT2D eigenvalue weighted by Crippen LogP contribution is -2.24. The average Bonchev–Trinajstić information content (AvgIpc) is 3.72. The van der Waals surface area contributed by atoms with Crippen molar-refractivity contribution in [2.75, 3.05) is 30.8 Å². The number of aryl methyl sites for hydroxylation is 1. The summed E-state index contributed by atoms with van der Waals surface area (Å²) in [4.78, 5) is 28.3. The van der Waals surface area contributed by atoms with Crippen molar-refractivity contribution in [3.63, 3.8) is 0 Å². The summed E-state index contributed by atoms with van der Waals surface area (Å²) in [5.74, 6) is -0.674. The minimum absolute atomic E-state index is 0.169. The fourth-order valence-electron chi connectivity index (χ4n) is 6.89. The highest BCUT2D eigenvalue weighted by atomic mass is 19.3. The monoisotopic (exact) mass is 667 g/mol. The number of anilines is 3. The largest absolute Gasteiger partial charge is 0.392 e. The van der Waals surface area contributed by atoms with Crippen molar-refractivity contribution < 1.29 is 18.7 Å². The van der Waals surface area contributed by atoms with E-state index in [9.17, 15) is 18.7 Å². The third-order valence-corrected chi connectivity index (χ3v) is 9.53. The molecular formula is C36H39F2N9O2. The smallest absolute Gasteiger partial charge is 0.297 e. The first kappa shape index (κ1) is 32.7. The maximum Gasteiger partial charge on any atom is 0.297 e. The van der Waals surface area contributed by atoms with E-state index < -0.39 is 12.2 Å². The summed E-state index contributed by atoms with van der Waals surface area (Å²) in [6, 6.07) is 15.3. The summed E-state index contributed by atoms with van der Waals surface area (Å²) in [6.07, 6.45) is 1.18. The number of rotatable bonds is 9. The third-order valence-electron chi connectivity index (χ3n) is 9.53. The number of hydrogen-bond acceptors (Lipinski definition) is 9. The van der Waals surface area contributed by atoms with Crippen LogP contribution < -0.4 is 16.0 Å². The van der Waals surface area contributed by atoms with Gasteiger partial charge in [-0.05, 0) is 92.2 Å². The average molecular weight is 668 g/mol. The third kappa shape index (κ3) is 6.61. The molecule has 2 aromatic carbocycles. The predicted molar refractivity (Wildman–Crippen MR) is 184 cm³/mol. The number of halogens is 2. The van der Waals surface area contributed by atoms with Crippen molar-refractivity contribution in [2.24, 2.45) is 0 Å². The fourth-order valence-corrected chi connectivity index (χ4v) is 6.89. The fraction of sp³-hybridized carbons (Fsp3) is 0.361. The molecule has 254 valence electrons. The molecule has 49 heavy (non-hydrogen) atoms. The van der Waals surface area contributed by atoms with Crippen molar-refractivity contribution in [2.45, 2.75) is 64.8 Å². The zero-order chi connectivity index (χ0) is 34.2. The number of aromatic nitrogens is 5. The molecule has 2 atom stereocenters. The van der Waals surface area contributed by atoms with Gasteiger partial charge in [0.2, 0.25) is 0 Å². The van der Waals surface area contributed by atoms with Crippen LogP contribution in [0.1, 0.15) is 70.4 Å². The van der Waals surface area contributed by atoms with Crippen molar-refractivity contribution in [1.29, 1.82) is 0 Å². The van der Waals surface area contributed by atoms with Crippen LogP contribution in [0.15, 0.2) is 54.7 Å². The molecule has 0 saturated carbocycles. The quantitative estimate of drug-likeness (QED) is 0.148. The number of nitrogens with zero attached hydrogens (tertiary/aromatic N) is 6. The van der Waals surface area contributed by atoms with E-state index in [4.69, 9.17) is 0 Å². The summed E-state index contributed by atoms with van der Waals surface area (Å²) in [7, 11) is 1.92. The zero-order valence-corrected chi connectivity index (χ0v) is 27.7. The summed E-state index contributed by atoms with van der Waals surface area (Å²) in [5, 5.41) is 24.1. The van der Waals surface area contributed by atoms with Crippen LogP contribution in [0.3, 0.4) is 0 Å². The van der Waals surface area contributed by atoms with Gasteiger partial charge in [0.15, 0.2) is 17.3 Å². The van der Waals surface area contributed by atoms with Gasteiger partial charge in [-0.25, -0.2) is 18.7 Å². The minimum Gasteiger partial charge on any atom is -0.392 e. The van der Waals surface area contributed by atoms with E-state index in [2.05, 4.69) is 40.9 Å². The second-order valence-electron chi connectivity index (χ2n) is 12.8. The van der Waals surface area contributed by atoms with Gasteiger partial charge in [0, 0.05) is 49.8 Å². The Morgan fingerprint density at radius 2 is 1.78 bits per heavy atom. The molecule has 0 bridgehead atoms. The Labute approximate surface area is 282 Å². The van der Waals surface area contributed by atoms with Crippen molar-refractivity contribution >= 4 is 34.1 Å². The second kappa shape index (κ2) is 13.6. The molecule has 3 aromatic heterocycles. The van der Waals surface area contributed by atoms with Crippen LogP contribution in [0.5, 0.6) is 0 Å². The normalized spacial score (nSPS) is 17.9. The highest BCUT2D eigenvalue weighted by molar-refractivity contribution is 6.04. The first-order chi connectivity index (χ1) is 23.7. The highest BCUT2D eigenvalue weighted by Gasteiger charge is 2.25. The number of pyridine rings is 1. The van der Waals surface area contributed by atoms with E-state index in [0.29, 0.717) is 47.6 Å². The Hall–Kier alpha value is -4.85. The summed E-state index contributed by atoms with van der Waals surface area (Å²) >= 11 is 0. The Morgan fingerprint density at radius 3 is 2.49 bits per heavy atom. The molecule has 0 spiro atoms. The van der Waals surface area contributed by atoms with Gasteiger partial charge in [-0.1, -0.05) is 24.3 Å². The van der Waals surface area contributed by atoms with E-state index in [1.54, 1.807) is 12.3 Å². The number of likely N-dealkylation sites (tertiary alicyclic amines) is 1. The number of nitrogens with one attached hydrogen (secondary N) is 3. The van der Waals surface area contributed by atoms with Crippen LogP contribution in [0.25, 0.3) is 22.2 Å². The summed E-state index contributed by atoms with van der Waals surface area (Å²) in [6.45, 7) is 6.55. The van der Waals surface area contributed by atoms with Crippen LogP contribution in [-0.4, -0.2) is 66.9 Å². The van der Waals surface area contributed by atoms with Crippen LogP contribution in [0.2, 0.25) is 0 Å². The Balaban J connectivity index is 1.16. The summed E-state index contributed by atoms with van der Waals surface area (Å²) < 4.78 is 29.9. The topological polar surface area (TPSA) is 133 Å². The number of alkyl halides is 2. The molecule has 1 fully saturated rings. The lowest BCUT2D eigenvalue weighted by molar-refractivity contribution is 0.102. The molecule has 1 amide bonds. The van der Waals surface area contributed by atoms with Crippen LogP contribution in [0.4, 0.5) is 26.0 Å². The van der Waals surface area contributed by atoms with E-state index >= 15 is 0 Å². The standard InChI is InChI=1S/C36H39F2N9O2/c1-20-24(25-8-5-10-27(21(25)2)43-36(49)30-16-31-28(39-3)11-6-13-47(31)45-30)7-4-9-26(20)41-34-32-29(42-35(44-34)33(37)38)15-22(17-40-32)18-46-14-12-23(48)19-46/h4-5,7-10,15-17,23,28,33,39,48H,6,11-14,18-19H2,1-3H3,(H,43,49)(H,41,42,44)/t23-,28-/m1/s1. The van der Waals surface area contributed by atoms with Crippen molar-refractivity contribution in [3.05, 3.63) is 88.6 Å². The van der Waals surface area contributed by atoms with Gasteiger partial charge in [0.1, 0.15) is 5.52 Å². The van der Waals surface area contributed by atoms with E-state index in [-0.39, 0.29) is 23.9 Å². The second-order valence-corrected chi connectivity index (χ2v) is 12.8. The molecule has 4 N–H and O–H groups in total. The van der Waals surface area contributed by atoms with Gasteiger partial charge >= 0.3 is 0 Å². The first-order valence-corrected chi connectivity index (χ1v) is 16.6. The molecule has 13 heteroatoms. The molecule has 0 unspecified atom stereocenters.